The summed E-state index contributed by atoms with van der Waals surface area (Å²) in [7, 11) is -5.42. The third-order valence-corrected chi connectivity index (χ3v) is 7.59. The first-order valence-corrected chi connectivity index (χ1v) is 12.7. The molecule has 0 heterocycles. The fourth-order valence-corrected chi connectivity index (χ4v) is 5.09. The van der Waals surface area contributed by atoms with Gasteiger partial charge in [-0.1, -0.05) is 35.4 Å². The molecule has 0 saturated carbocycles. The van der Waals surface area contributed by atoms with Gasteiger partial charge >= 0.3 is 33.6 Å². The van der Waals surface area contributed by atoms with Crippen LogP contribution in [0.2, 0.25) is 0 Å². The Balaban J connectivity index is 0.000000237. The summed E-state index contributed by atoms with van der Waals surface area (Å²) in [6.45, 7) is 4.27. The van der Waals surface area contributed by atoms with E-state index in [1.807, 2.05) is 0 Å². The molecule has 3 aromatic rings. The molecule has 178 valence electrons. The molecule has 0 aromatic heterocycles. The monoisotopic (exact) mass is 602 g/mol. The molecule has 0 aliphatic heterocycles. The lowest BCUT2D eigenvalue weighted by Gasteiger charge is -2.15. The molecule has 0 spiro atoms. The van der Waals surface area contributed by atoms with E-state index in [1.165, 1.54) is 18.3 Å². The molecule has 11 heteroatoms. The normalized spacial score (nSPS) is 12.2. The fraction of sp³-hybridized carbons (Fsp3) is 0.182. The third-order valence-electron chi connectivity index (χ3n) is 4.09. The fourth-order valence-electron chi connectivity index (χ4n) is 2.39. The summed E-state index contributed by atoms with van der Waals surface area (Å²) >= 11 is 0.00313. The van der Waals surface area contributed by atoms with Gasteiger partial charge in [-0.15, -0.1) is 0 Å². The molecule has 3 nitrogen and oxygen atoms in total. The first kappa shape index (κ1) is 27.1. The lowest BCUT2D eigenvalue weighted by molar-refractivity contribution is -0.597. The summed E-state index contributed by atoms with van der Waals surface area (Å²) in [4.78, 5) is -1.58. The van der Waals surface area contributed by atoms with E-state index < -0.39 is 38.5 Å². The number of hydrogen-bond acceptors (Lipinski definition) is 3. The maximum atomic E-state index is 12.3. The van der Waals surface area contributed by atoms with Crippen LogP contribution < -0.4 is 21.2 Å². The molecular weight excluding hydrogens is 585 g/mol. The molecule has 33 heavy (non-hydrogen) atoms. The molecule has 0 saturated heterocycles. The average molecular weight is 602 g/mol. The van der Waals surface area contributed by atoms with Crippen LogP contribution in [-0.2, 0) is 22.5 Å². The number of hydrogen-bond donors (Lipinski definition) is 0. The highest BCUT2D eigenvalue weighted by atomic mass is 127. The minimum absolute atomic E-state index is 0.00313. The Morgan fingerprint density at radius 1 is 0.667 bits per heavy atom. The molecule has 0 aliphatic carbocycles. The number of halogens is 7. The number of benzene rings is 3. The smallest absolute Gasteiger partial charge is 0.416 e. The molecule has 0 N–H and O–H groups in total. The van der Waals surface area contributed by atoms with Crippen molar-refractivity contribution in [1.82, 2.24) is 0 Å². The SMILES string of the molecule is Cc1ccc([I+]c2ccc(C)cc2)cc1.O=S(=O)([O-])c1cc(C(F)(F)F)cc(C(F)(F)F)c1. The topological polar surface area (TPSA) is 57.2 Å². The van der Waals surface area contributed by atoms with Crippen LogP contribution in [0.5, 0.6) is 0 Å². The second-order valence-corrected chi connectivity index (χ2v) is 11.3. The average Bonchev–Trinajstić information content (AvgIpc) is 2.70. The first-order valence-electron chi connectivity index (χ1n) is 9.09. The van der Waals surface area contributed by atoms with Gasteiger partial charge < -0.3 is 4.55 Å². The minimum Gasteiger partial charge on any atom is -0.744 e. The van der Waals surface area contributed by atoms with Crippen LogP contribution in [0.4, 0.5) is 26.3 Å². The van der Waals surface area contributed by atoms with Gasteiger partial charge in [0.15, 0.2) is 7.14 Å². The van der Waals surface area contributed by atoms with Crippen molar-refractivity contribution in [2.75, 3.05) is 0 Å². The van der Waals surface area contributed by atoms with Crippen LogP contribution in [0.3, 0.4) is 0 Å². The van der Waals surface area contributed by atoms with Crippen LogP contribution >= 0.6 is 0 Å². The van der Waals surface area contributed by atoms with Gasteiger partial charge in [-0.3, -0.25) is 0 Å². The summed E-state index contributed by atoms with van der Waals surface area (Å²) in [6, 6.07) is 17.2. The Bertz CT molecular complexity index is 1110. The van der Waals surface area contributed by atoms with Gasteiger partial charge in [0.25, 0.3) is 0 Å². The van der Waals surface area contributed by atoms with Gasteiger partial charge in [0.2, 0.25) is 0 Å². The Kier molecular flexibility index (Phi) is 8.57. The Labute approximate surface area is 197 Å². The van der Waals surface area contributed by atoms with Gasteiger partial charge in [0.1, 0.15) is 10.1 Å². The van der Waals surface area contributed by atoms with Crippen molar-refractivity contribution in [1.29, 1.82) is 0 Å². The lowest BCUT2D eigenvalue weighted by Crippen LogP contribution is -3.61. The maximum absolute atomic E-state index is 12.3. The van der Waals surface area contributed by atoms with Crippen LogP contribution in [0, 0.1) is 21.0 Å². The highest BCUT2D eigenvalue weighted by Crippen LogP contribution is 2.37. The van der Waals surface area contributed by atoms with Crippen molar-refractivity contribution >= 4 is 10.1 Å². The molecule has 0 atom stereocenters. The molecule has 3 aromatic carbocycles. The van der Waals surface area contributed by atoms with Gasteiger partial charge in [0, 0.05) is 0 Å². The standard InChI is InChI=1S/C14H14I.C8H4F6O3S/c1-11-3-7-13(8-4-11)15-14-9-5-12(2)6-10-14;9-7(10,11)4-1-5(8(12,13)14)3-6(2-4)18(15,16)17/h3-10H,1-2H3;1-3H,(H,15,16,17)/q+1;/p-1. The largest absolute Gasteiger partial charge is 0.744 e. The van der Waals surface area contributed by atoms with Gasteiger partial charge in [-0.05, 0) is 56.3 Å². The van der Waals surface area contributed by atoms with E-state index in [1.54, 1.807) is 0 Å². The summed E-state index contributed by atoms with van der Waals surface area (Å²) in [5, 5.41) is 0. The van der Waals surface area contributed by atoms with Gasteiger partial charge in [0.05, 0.1) is 16.0 Å². The Morgan fingerprint density at radius 2 is 1.00 bits per heavy atom. The first-order chi connectivity index (χ1) is 15.1. The predicted molar refractivity (Wildman–Crippen MR) is 104 cm³/mol. The highest BCUT2D eigenvalue weighted by Gasteiger charge is 2.37. The number of aryl methyl sites for hydroxylation is 2. The third kappa shape index (κ3) is 8.63. The van der Waals surface area contributed by atoms with Crippen molar-refractivity contribution in [3.05, 3.63) is 96.1 Å². The Morgan fingerprint density at radius 3 is 1.27 bits per heavy atom. The number of rotatable bonds is 3. The molecular formula is C22H17F6IO3S. The summed E-state index contributed by atoms with van der Waals surface area (Å²) in [6.07, 6.45) is -10.4. The van der Waals surface area contributed by atoms with E-state index in [2.05, 4.69) is 62.4 Å². The summed E-state index contributed by atoms with van der Waals surface area (Å²) in [5.74, 6) is 0. The van der Waals surface area contributed by atoms with Crippen LogP contribution in [0.15, 0.2) is 71.6 Å². The van der Waals surface area contributed by atoms with Gasteiger partial charge in [-0.25, -0.2) is 8.42 Å². The molecule has 0 fully saturated rings. The van der Waals surface area contributed by atoms with Crippen molar-refractivity contribution < 1.29 is 60.5 Å². The zero-order valence-corrected chi connectivity index (χ0v) is 20.1. The van der Waals surface area contributed by atoms with Crippen LogP contribution in [0.1, 0.15) is 22.3 Å². The van der Waals surface area contributed by atoms with Crippen molar-refractivity contribution in [3.63, 3.8) is 0 Å². The maximum Gasteiger partial charge on any atom is 0.416 e. The second-order valence-electron chi connectivity index (χ2n) is 6.88. The van der Waals surface area contributed by atoms with Crippen molar-refractivity contribution in [3.8, 4) is 0 Å². The quantitative estimate of drug-likeness (QED) is 0.263. The zero-order valence-electron chi connectivity index (χ0n) is 17.1. The molecule has 0 bridgehead atoms. The highest BCUT2D eigenvalue weighted by molar-refractivity contribution is 7.85. The molecule has 0 unspecified atom stereocenters. The van der Waals surface area contributed by atoms with Crippen LogP contribution in [-0.4, -0.2) is 13.0 Å². The Hall–Kier alpha value is -2.12. The zero-order chi connectivity index (χ0) is 25.0. The molecule has 3 rings (SSSR count). The van der Waals surface area contributed by atoms with E-state index in [0.717, 1.165) is 0 Å². The van der Waals surface area contributed by atoms with Crippen molar-refractivity contribution in [2.45, 2.75) is 31.1 Å². The minimum atomic E-state index is -5.42. The molecule has 0 radical (unpaired) electrons. The van der Waals surface area contributed by atoms with E-state index in [9.17, 15) is 39.3 Å². The second kappa shape index (κ2) is 10.4. The van der Waals surface area contributed by atoms with Crippen molar-refractivity contribution in [2.24, 2.45) is 0 Å². The van der Waals surface area contributed by atoms with E-state index in [0.29, 0.717) is 0 Å². The van der Waals surface area contributed by atoms with E-state index in [-0.39, 0.29) is 39.4 Å². The lowest BCUT2D eigenvalue weighted by atomic mass is 10.1. The predicted octanol–water partition coefficient (Wildman–Crippen LogP) is 3.06. The van der Waals surface area contributed by atoms with Gasteiger partial charge in [-0.2, -0.15) is 26.3 Å². The molecule has 0 amide bonds. The van der Waals surface area contributed by atoms with E-state index in [4.69, 9.17) is 0 Å². The molecule has 0 aliphatic rings. The van der Waals surface area contributed by atoms with E-state index >= 15 is 0 Å². The van der Waals surface area contributed by atoms with Crippen LogP contribution in [0.25, 0.3) is 0 Å². The number of alkyl halides is 6. The summed E-state index contributed by atoms with van der Waals surface area (Å²) in [5.41, 5.74) is -1.03. The summed E-state index contributed by atoms with van der Waals surface area (Å²) < 4.78 is 108.